The number of thioether (sulfide) groups is 1. The van der Waals surface area contributed by atoms with Crippen molar-refractivity contribution in [2.75, 3.05) is 12.3 Å². The minimum Gasteiger partial charge on any atom is -0.313 e. The van der Waals surface area contributed by atoms with E-state index in [0.717, 1.165) is 12.8 Å². The van der Waals surface area contributed by atoms with Gasteiger partial charge in [0.15, 0.2) is 0 Å². The molecule has 1 saturated carbocycles. The Bertz CT molecular complexity index is 143. The topological polar surface area (TPSA) is 12.0 Å². The van der Waals surface area contributed by atoms with E-state index in [1.54, 1.807) is 0 Å². The Labute approximate surface area is 80.5 Å². The first kappa shape index (κ1) is 11.2. The van der Waals surface area contributed by atoms with Gasteiger partial charge in [-0.3, -0.25) is 0 Å². The molecule has 13 heavy (non-hydrogen) atoms. The van der Waals surface area contributed by atoms with Crippen LogP contribution in [0.2, 0.25) is 0 Å². The van der Waals surface area contributed by atoms with Crippen molar-refractivity contribution in [3.63, 3.8) is 0 Å². The minimum absolute atomic E-state index is 0.0544. The summed E-state index contributed by atoms with van der Waals surface area (Å²) in [6, 6.07) is 0.467. The van der Waals surface area contributed by atoms with Gasteiger partial charge in [0.05, 0.1) is 0 Å². The van der Waals surface area contributed by atoms with Crippen molar-refractivity contribution < 1.29 is 13.2 Å². The predicted molar refractivity (Wildman–Crippen MR) is 48.8 cm³/mol. The fraction of sp³-hybridized carbons (Fsp3) is 1.00. The van der Waals surface area contributed by atoms with Crippen molar-refractivity contribution in [2.45, 2.75) is 37.2 Å². The first-order chi connectivity index (χ1) is 6.08. The lowest BCUT2D eigenvalue weighted by atomic mass is 10.2. The van der Waals surface area contributed by atoms with Gasteiger partial charge in [-0.2, -0.15) is 13.2 Å². The van der Waals surface area contributed by atoms with E-state index in [9.17, 15) is 13.2 Å². The molecule has 0 radical (unpaired) electrons. The third kappa shape index (κ3) is 5.41. The van der Waals surface area contributed by atoms with Gasteiger partial charge in [-0.25, -0.2) is 0 Å². The first-order valence-electron chi connectivity index (χ1n) is 4.52. The average molecular weight is 213 g/mol. The second-order valence-corrected chi connectivity index (χ2v) is 4.39. The van der Waals surface area contributed by atoms with Gasteiger partial charge >= 0.3 is 5.51 Å². The van der Waals surface area contributed by atoms with Crippen LogP contribution in [0, 0.1) is 0 Å². The Morgan fingerprint density at radius 2 is 1.85 bits per heavy atom. The standard InChI is InChI=1S/C8H14F3NS/c9-8(10,11)13-6-5-12-7-3-1-2-4-7/h7,12H,1-6H2. The summed E-state index contributed by atoms with van der Waals surface area (Å²) in [5, 5.41) is 3.13. The summed E-state index contributed by atoms with van der Waals surface area (Å²) < 4.78 is 35.1. The molecule has 0 spiro atoms. The van der Waals surface area contributed by atoms with Crippen LogP contribution in [0.5, 0.6) is 0 Å². The molecule has 0 aliphatic heterocycles. The summed E-state index contributed by atoms with van der Waals surface area (Å²) in [7, 11) is 0. The van der Waals surface area contributed by atoms with Crippen molar-refractivity contribution in [1.29, 1.82) is 0 Å². The van der Waals surface area contributed by atoms with Crippen molar-refractivity contribution in [1.82, 2.24) is 5.32 Å². The zero-order valence-electron chi connectivity index (χ0n) is 7.36. The molecule has 0 heterocycles. The van der Waals surface area contributed by atoms with E-state index >= 15 is 0 Å². The van der Waals surface area contributed by atoms with Crippen LogP contribution < -0.4 is 5.32 Å². The second kappa shape index (κ2) is 5.10. The third-order valence-electron chi connectivity index (χ3n) is 2.16. The van der Waals surface area contributed by atoms with Crippen molar-refractivity contribution in [3.8, 4) is 0 Å². The molecule has 0 saturated heterocycles. The van der Waals surface area contributed by atoms with Crippen LogP contribution in [0.15, 0.2) is 0 Å². The van der Waals surface area contributed by atoms with E-state index in [1.165, 1.54) is 12.8 Å². The summed E-state index contributed by atoms with van der Waals surface area (Å²) in [5.41, 5.74) is -4.07. The van der Waals surface area contributed by atoms with Crippen molar-refractivity contribution >= 4 is 11.8 Å². The minimum atomic E-state index is -4.07. The number of hydrogen-bond acceptors (Lipinski definition) is 2. The third-order valence-corrected chi connectivity index (χ3v) is 2.89. The van der Waals surface area contributed by atoms with Gasteiger partial charge in [0, 0.05) is 18.3 Å². The first-order valence-corrected chi connectivity index (χ1v) is 5.50. The SMILES string of the molecule is FC(F)(F)SCCNC1CCCC1. The largest absolute Gasteiger partial charge is 0.441 e. The molecule has 1 fully saturated rings. The van der Waals surface area contributed by atoms with E-state index in [-0.39, 0.29) is 17.5 Å². The lowest BCUT2D eigenvalue weighted by Gasteiger charge is -2.11. The van der Waals surface area contributed by atoms with E-state index < -0.39 is 5.51 Å². The number of hydrogen-bond donors (Lipinski definition) is 1. The van der Waals surface area contributed by atoms with E-state index in [0.29, 0.717) is 12.6 Å². The number of alkyl halides is 3. The molecule has 5 heteroatoms. The summed E-state index contributed by atoms with van der Waals surface area (Å²) in [5.74, 6) is 0.125. The van der Waals surface area contributed by atoms with Crippen molar-refractivity contribution in [2.24, 2.45) is 0 Å². The van der Waals surface area contributed by atoms with Crippen LogP contribution in [-0.4, -0.2) is 23.8 Å². The Kier molecular flexibility index (Phi) is 4.38. The fourth-order valence-electron chi connectivity index (χ4n) is 1.56. The second-order valence-electron chi connectivity index (χ2n) is 3.23. The zero-order valence-corrected chi connectivity index (χ0v) is 8.18. The van der Waals surface area contributed by atoms with Gasteiger partial charge in [-0.05, 0) is 24.6 Å². The number of nitrogens with one attached hydrogen (secondary N) is 1. The maximum Gasteiger partial charge on any atom is 0.441 e. The van der Waals surface area contributed by atoms with Gasteiger partial charge in [-0.1, -0.05) is 12.8 Å². The summed E-state index contributed by atoms with van der Waals surface area (Å²) in [6.45, 7) is 0.467. The molecule has 0 amide bonds. The Hall–Kier alpha value is 0.1000. The van der Waals surface area contributed by atoms with Gasteiger partial charge in [-0.15, -0.1) is 0 Å². The molecule has 0 unspecified atom stereocenters. The Morgan fingerprint density at radius 3 is 2.38 bits per heavy atom. The molecule has 1 N–H and O–H groups in total. The maximum absolute atomic E-state index is 11.7. The lowest BCUT2D eigenvalue weighted by molar-refractivity contribution is -0.0327. The quantitative estimate of drug-likeness (QED) is 0.721. The highest BCUT2D eigenvalue weighted by molar-refractivity contribution is 8.00. The monoisotopic (exact) mass is 213 g/mol. The molecule has 0 aromatic carbocycles. The molecule has 78 valence electrons. The smallest absolute Gasteiger partial charge is 0.313 e. The van der Waals surface area contributed by atoms with Gasteiger partial charge in [0.1, 0.15) is 0 Å². The Balaban J connectivity index is 1.94. The highest BCUT2D eigenvalue weighted by Gasteiger charge is 2.27. The summed E-state index contributed by atoms with van der Waals surface area (Å²) in [4.78, 5) is 0. The predicted octanol–water partition coefficient (Wildman–Crippen LogP) is 2.77. The molecule has 1 aliphatic rings. The van der Waals surface area contributed by atoms with E-state index in [4.69, 9.17) is 0 Å². The average Bonchev–Trinajstić information content (AvgIpc) is 2.48. The van der Waals surface area contributed by atoms with Gasteiger partial charge in [0.25, 0.3) is 0 Å². The molecular weight excluding hydrogens is 199 g/mol. The molecule has 0 aromatic heterocycles. The number of rotatable bonds is 4. The van der Waals surface area contributed by atoms with Crippen LogP contribution in [-0.2, 0) is 0 Å². The highest BCUT2D eigenvalue weighted by atomic mass is 32.2. The number of halogens is 3. The van der Waals surface area contributed by atoms with Gasteiger partial charge in [0.2, 0.25) is 0 Å². The van der Waals surface area contributed by atoms with Crippen LogP contribution in [0.1, 0.15) is 25.7 Å². The van der Waals surface area contributed by atoms with Gasteiger partial charge < -0.3 is 5.32 Å². The molecule has 0 aromatic rings. The Morgan fingerprint density at radius 1 is 1.23 bits per heavy atom. The molecule has 1 nitrogen and oxygen atoms in total. The lowest BCUT2D eigenvalue weighted by Crippen LogP contribution is -2.28. The van der Waals surface area contributed by atoms with Crippen molar-refractivity contribution in [3.05, 3.63) is 0 Å². The van der Waals surface area contributed by atoms with Crippen LogP contribution in [0.25, 0.3) is 0 Å². The molecule has 1 aliphatic carbocycles. The molecule has 0 atom stereocenters. The maximum atomic E-state index is 11.7. The molecule has 1 rings (SSSR count). The molecule has 0 bridgehead atoms. The van der Waals surface area contributed by atoms with Crippen LogP contribution in [0.4, 0.5) is 13.2 Å². The highest BCUT2D eigenvalue weighted by Crippen LogP contribution is 2.29. The van der Waals surface area contributed by atoms with Crippen LogP contribution >= 0.6 is 11.8 Å². The normalized spacial score (nSPS) is 19.6. The summed E-state index contributed by atoms with van der Waals surface area (Å²) >= 11 is 0.0544. The summed E-state index contributed by atoms with van der Waals surface area (Å²) in [6.07, 6.45) is 4.67. The molecular formula is C8H14F3NS. The zero-order chi connectivity index (χ0) is 9.73. The van der Waals surface area contributed by atoms with Crippen LogP contribution in [0.3, 0.4) is 0 Å². The van der Waals surface area contributed by atoms with E-state index in [2.05, 4.69) is 5.32 Å². The van der Waals surface area contributed by atoms with E-state index in [1.807, 2.05) is 0 Å². The fourth-order valence-corrected chi connectivity index (χ4v) is 2.01.